The highest BCUT2D eigenvalue weighted by atomic mass is 16.5. The molecule has 1 saturated heterocycles. The van der Waals surface area contributed by atoms with Crippen molar-refractivity contribution in [2.24, 2.45) is 0 Å². The topological polar surface area (TPSA) is 74.9 Å². The molecule has 1 aliphatic rings. The first-order valence-electron chi connectivity index (χ1n) is 9.77. The molecule has 0 saturated carbocycles. The molecule has 2 aromatic carbocycles. The van der Waals surface area contributed by atoms with Crippen molar-refractivity contribution < 1.29 is 4.74 Å². The fraction of sp³-hybridized carbons (Fsp3) is 0.167. The number of hydrogen-bond acceptors (Lipinski definition) is 6. The molecule has 4 aromatic rings. The average molecular weight is 393 g/mol. The van der Waals surface area contributed by atoms with E-state index in [1.54, 1.807) is 7.11 Å². The number of benzene rings is 2. The lowest BCUT2D eigenvalue weighted by molar-refractivity contribution is 0.415. The third-order valence-corrected chi connectivity index (χ3v) is 5.43. The molecule has 30 heavy (non-hydrogen) atoms. The maximum atomic E-state index is 9.32. The van der Waals surface area contributed by atoms with Gasteiger partial charge in [0.2, 0.25) is 0 Å². The highest BCUT2D eigenvalue weighted by molar-refractivity contribution is 5.80. The Balaban J connectivity index is 1.45. The lowest BCUT2D eigenvalue weighted by Crippen LogP contribution is -2.46. The summed E-state index contributed by atoms with van der Waals surface area (Å²) in [5, 5.41) is 10.4. The van der Waals surface area contributed by atoms with Crippen molar-refractivity contribution in [2.45, 2.75) is 5.92 Å². The van der Waals surface area contributed by atoms with Crippen LogP contribution in [-0.4, -0.2) is 35.2 Å². The molecule has 2 aromatic heterocycles. The number of para-hydroxylation sites is 1. The van der Waals surface area contributed by atoms with Gasteiger partial charge in [-0.1, -0.05) is 30.3 Å². The van der Waals surface area contributed by atoms with Crippen LogP contribution in [0.3, 0.4) is 0 Å². The lowest BCUT2D eigenvalue weighted by atomic mass is 9.92. The molecule has 0 spiro atoms. The van der Waals surface area contributed by atoms with E-state index in [1.165, 1.54) is 6.20 Å². The number of hydrogen-bond donors (Lipinski definition) is 0. The lowest BCUT2D eigenvalue weighted by Gasteiger charge is -2.40. The van der Waals surface area contributed by atoms with Crippen LogP contribution >= 0.6 is 0 Å². The van der Waals surface area contributed by atoms with Crippen molar-refractivity contribution in [3.8, 4) is 23.1 Å². The standard InChI is InChI=1S/C24H19N5O/c1-30-20-7-4-6-17(11-20)23-24(27-19(12-25)13-26-23)18-14-29(15-18)22-10-9-16-5-2-3-8-21(16)28-22/h2-11,13,18H,14-15H2,1H3. The van der Waals surface area contributed by atoms with Gasteiger partial charge in [0, 0.05) is 30.0 Å². The summed E-state index contributed by atoms with van der Waals surface area (Å²) in [6, 6.07) is 22.1. The number of methoxy groups -OCH3 is 1. The van der Waals surface area contributed by atoms with Crippen molar-refractivity contribution in [3.63, 3.8) is 0 Å². The first-order valence-corrected chi connectivity index (χ1v) is 9.77. The zero-order valence-corrected chi connectivity index (χ0v) is 16.5. The number of rotatable bonds is 4. The van der Waals surface area contributed by atoms with Gasteiger partial charge in [0.05, 0.1) is 30.2 Å². The fourth-order valence-corrected chi connectivity index (χ4v) is 3.80. The van der Waals surface area contributed by atoms with Gasteiger partial charge in [-0.15, -0.1) is 0 Å². The Kier molecular flexibility index (Phi) is 4.49. The van der Waals surface area contributed by atoms with Crippen LogP contribution in [0, 0.1) is 11.3 Å². The Labute approximate surface area is 174 Å². The second-order valence-electron chi connectivity index (χ2n) is 7.30. The molecule has 0 bridgehead atoms. The molecule has 1 fully saturated rings. The molecule has 0 unspecified atom stereocenters. The number of anilines is 1. The van der Waals surface area contributed by atoms with Crippen molar-refractivity contribution >= 4 is 16.7 Å². The molecule has 0 amide bonds. The second-order valence-corrected chi connectivity index (χ2v) is 7.30. The number of aromatic nitrogens is 3. The molecule has 0 N–H and O–H groups in total. The van der Waals surface area contributed by atoms with Crippen LogP contribution in [0.15, 0.2) is 66.9 Å². The maximum Gasteiger partial charge on any atom is 0.159 e. The summed E-state index contributed by atoms with van der Waals surface area (Å²) < 4.78 is 5.35. The Morgan fingerprint density at radius 3 is 2.73 bits per heavy atom. The summed E-state index contributed by atoms with van der Waals surface area (Å²) >= 11 is 0. The van der Waals surface area contributed by atoms with E-state index in [-0.39, 0.29) is 5.92 Å². The first-order chi connectivity index (χ1) is 14.7. The molecule has 1 aliphatic heterocycles. The molecular formula is C24H19N5O. The minimum atomic E-state index is 0.181. The maximum absolute atomic E-state index is 9.32. The van der Waals surface area contributed by atoms with Crippen LogP contribution in [0.2, 0.25) is 0 Å². The van der Waals surface area contributed by atoms with E-state index < -0.39 is 0 Å². The summed E-state index contributed by atoms with van der Waals surface area (Å²) in [7, 11) is 1.64. The highest BCUT2D eigenvalue weighted by Crippen LogP contribution is 2.35. The number of fused-ring (bicyclic) bond motifs is 1. The number of ether oxygens (including phenoxy) is 1. The van der Waals surface area contributed by atoms with Gasteiger partial charge in [0.25, 0.3) is 0 Å². The second kappa shape index (κ2) is 7.45. The van der Waals surface area contributed by atoms with E-state index >= 15 is 0 Å². The molecule has 6 nitrogen and oxygen atoms in total. The summed E-state index contributed by atoms with van der Waals surface area (Å²) in [5.74, 6) is 1.90. The van der Waals surface area contributed by atoms with Crippen molar-refractivity contribution in [1.29, 1.82) is 5.26 Å². The van der Waals surface area contributed by atoms with Crippen molar-refractivity contribution in [1.82, 2.24) is 15.0 Å². The largest absolute Gasteiger partial charge is 0.497 e. The molecule has 0 radical (unpaired) electrons. The Bertz CT molecular complexity index is 1270. The van der Waals surface area contributed by atoms with Crippen molar-refractivity contribution in [2.75, 3.05) is 25.1 Å². The van der Waals surface area contributed by atoms with Crippen LogP contribution in [0.25, 0.3) is 22.2 Å². The van der Waals surface area contributed by atoms with E-state index in [9.17, 15) is 5.26 Å². The van der Waals surface area contributed by atoms with Crippen LogP contribution in [-0.2, 0) is 0 Å². The van der Waals surface area contributed by atoms with Gasteiger partial charge in [-0.2, -0.15) is 5.26 Å². The van der Waals surface area contributed by atoms with E-state index in [2.05, 4.69) is 39.1 Å². The predicted octanol–water partition coefficient (Wildman–Crippen LogP) is 4.18. The van der Waals surface area contributed by atoms with Gasteiger partial charge in [-0.05, 0) is 30.3 Å². The molecular weight excluding hydrogens is 374 g/mol. The van der Waals surface area contributed by atoms with E-state index in [0.29, 0.717) is 5.69 Å². The number of nitrogens with zero attached hydrogens (tertiary/aromatic N) is 5. The molecule has 146 valence electrons. The predicted molar refractivity (Wildman–Crippen MR) is 115 cm³/mol. The highest BCUT2D eigenvalue weighted by Gasteiger charge is 2.33. The van der Waals surface area contributed by atoms with Crippen LogP contribution in [0.1, 0.15) is 17.3 Å². The number of pyridine rings is 1. The molecule has 5 rings (SSSR count). The Morgan fingerprint density at radius 1 is 1.03 bits per heavy atom. The fourth-order valence-electron chi connectivity index (χ4n) is 3.80. The summed E-state index contributed by atoms with van der Waals surface area (Å²) in [5.41, 5.74) is 3.90. The molecule has 0 atom stereocenters. The van der Waals surface area contributed by atoms with E-state index in [0.717, 1.165) is 52.5 Å². The summed E-state index contributed by atoms with van der Waals surface area (Å²) in [6.45, 7) is 1.57. The molecule has 6 heteroatoms. The Hall–Kier alpha value is -3.98. The van der Waals surface area contributed by atoms with Gasteiger partial charge in [0.15, 0.2) is 5.69 Å². The van der Waals surface area contributed by atoms with Gasteiger partial charge in [-0.3, -0.25) is 4.98 Å². The smallest absolute Gasteiger partial charge is 0.159 e. The zero-order chi connectivity index (χ0) is 20.5. The van der Waals surface area contributed by atoms with E-state index in [4.69, 9.17) is 9.72 Å². The van der Waals surface area contributed by atoms with Crippen LogP contribution < -0.4 is 9.64 Å². The summed E-state index contributed by atoms with van der Waals surface area (Å²) in [6.07, 6.45) is 1.53. The average Bonchev–Trinajstić information content (AvgIpc) is 2.78. The van der Waals surface area contributed by atoms with Gasteiger partial charge < -0.3 is 9.64 Å². The SMILES string of the molecule is COc1cccc(-c2ncc(C#N)nc2C2CN(c3ccc4ccccc4n3)C2)c1. The molecule has 0 aliphatic carbocycles. The van der Waals surface area contributed by atoms with Gasteiger partial charge in [0.1, 0.15) is 17.6 Å². The van der Waals surface area contributed by atoms with Crippen LogP contribution in [0.5, 0.6) is 5.75 Å². The quantitative estimate of drug-likeness (QED) is 0.518. The number of nitriles is 1. The van der Waals surface area contributed by atoms with Gasteiger partial charge >= 0.3 is 0 Å². The van der Waals surface area contributed by atoms with E-state index in [1.807, 2.05) is 42.5 Å². The Morgan fingerprint density at radius 2 is 1.90 bits per heavy atom. The van der Waals surface area contributed by atoms with Crippen molar-refractivity contribution in [3.05, 3.63) is 78.2 Å². The third kappa shape index (κ3) is 3.20. The third-order valence-electron chi connectivity index (χ3n) is 5.43. The summed E-state index contributed by atoms with van der Waals surface area (Å²) in [4.78, 5) is 16.2. The zero-order valence-electron chi connectivity index (χ0n) is 16.5. The monoisotopic (exact) mass is 393 g/mol. The van der Waals surface area contributed by atoms with Gasteiger partial charge in [-0.25, -0.2) is 9.97 Å². The first kappa shape index (κ1) is 18.1. The minimum Gasteiger partial charge on any atom is -0.497 e. The normalized spacial score (nSPS) is 13.7. The minimum absolute atomic E-state index is 0.181. The molecule has 3 heterocycles. The van der Waals surface area contributed by atoms with Crippen LogP contribution in [0.4, 0.5) is 5.82 Å².